The molecule has 0 spiro atoms. The first-order valence-corrected chi connectivity index (χ1v) is 4.85. The number of rotatable bonds is 4. The van der Waals surface area contributed by atoms with Gasteiger partial charge in [-0.3, -0.25) is 5.26 Å². The SMILES string of the molecule is C=C(C)C(Cc1cc(Cl)ccc1O)OO. The van der Waals surface area contributed by atoms with E-state index in [4.69, 9.17) is 16.9 Å². The third-order valence-electron chi connectivity index (χ3n) is 2.12. The molecule has 0 bridgehead atoms. The molecule has 15 heavy (non-hydrogen) atoms. The summed E-state index contributed by atoms with van der Waals surface area (Å²) in [6.45, 7) is 5.41. The highest BCUT2D eigenvalue weighted by Gasteiger charge is 2.13. The summed E-state index contributed by atoms with van der Waals surface area (Å²) in [5, 5.41) is 18.7. The van der Waals surface area contributed by atoms with E-state index in [0.29, 0.717) is 22.6 Å². The summed E-state index contributed by atoms with van der Waals surface area (Å²) in [4.78, 5) is 4.26. The van der Waals surface area contributed by atoms with Crippen LogP contribution in [0.5, 0.6) is 5.75 Å². The molecule has 0 aliphatic rings. The normalized spacial score (nSPS) is 12.5. The molecule has 82 valence electrons. The molecule has 0 heterocycles. The Morgan fingerprint density at radius 3 is 2.80 bits per heavy atom. The van der Waals surface area contributed by atoms with E-state index in [1.54, 1.807) is 19.1 Å². The fourth-order valence-electron chi connectivity index (χ4n) is 1.22. The first-order chi connectivity index (χ1) is 7.04. The minimum absolute atomic E-state index is 0.128. The maximum Gasteiger partial charge on any atom is 0.118 e. The third kappa shape index (κ3) is 3.23. The predicted octanol–water partition coefficient (Wildman–Crippen LogP) is 3.02. The molecule has 4 heteroatoms. The average molecular weight is 229 g/mol. The standard InChI is InChI=1S/C11H13ClO3/c1-7(2)11(15-14)6-8-5-9(12)3-4-10(8)13/h3-5,11,13-14H,1,6H2,2H3. The largest absolute Gasteiger partial charge is 0.508 e. The second-order valence-electron chi connectivity index (χ2n) is 3.42. The van der Waals surface area contributed by atoms with E-state index in [0.717, 1.165) is 0 Å². The average Bonchev–Trinajstić information content (AvgIpc) is 2.18. The maximum absolute atomic E-state index is 9.54. The van der Waals surface area contributed by atoms with Crippen molar-refractivity contribution >= 4 is 11.6 Å². The Morgan fingerprint density at radius 2 is 2.27 bits per heavy atom. The van der Waals surface area contributed by atoms with Crippen LogP contribution in [0.25, 0.3) is 0 Å². The Kier molecular flexibility index (Phi) is 4.15. The van der Waals surface area contributed by atoms with Gasteiger partial charge in [0.05, 0.1) is 0 Å². The lowest BCUT2D eigenvalue weighted by molar-refractivity contribution is -0.268. The van der Waals surface area contributed by atoms with Crippen molar-refractivity contribution in [2.24, 2.45) is 0 Å². The van der Waals surface area contributed by atoms with Gasteiger partial charge in [-0.15, -0.1) is 0 Å². The lowest BCUT2D eigenvalue weighted by Gasteiger charge is -2.14. The minimum Gasteiger partial charge on any atom is -0.508 e. The summed E-state index contributed by atoms with van der Waals surface area (Å²) in [6, 6.07) is 4.73. The van der Waals surface area contributed by atoms with Crippen molar-refractivity contribution in [3.63, 3.8) is 0 Å². The van der Waals surface area contributed by atoms with Crippen LogP contribution in [-0.2, 0) is 11.3 Å². The molecule has 0 radical (unpaired) electrons. The number of benzene rings is 1. The highest BCUT2D eigenvalue weighted by molar-refractivity contribution is 6.30. The van der Waals surface area contributed by atoms with Crippen LogP contribution >= 0.6 is 11.6 Å². The first kappa shape index (κ1) is 12.0. The Hall–Kier alpha value is -1.03. The van der Waals surface area contributed by atoms with Crippen LogP contribution in [0.15, 0.2) is 30.4 Å². The highest BCUT2D eigenvalue weighted by atomic mass is 35.5. The number of hydrogen-bond acceptors (Lipinski definition) is 3. The summed E-state index contributed by atoms with van der Waals surface area (Å²) in [5.41, 5.74) is 1.29. The molecule has 1 unspecified atom stereocenters. The number of halogens is 1. The van der Waals surface area contributed by atoms with Crippen LogP contribution in [0.2, 0.25) is 5.02 Å². The number of phenolic OH excluding ortho intramolecular Hbond substituents is 1. The smallest absolute Gasteiger partial charge is 0.118 e. The van der Waals surface area contributed by atoms with Gasteiger partial charge in [-0.2, -0.15) is 0 Å². The number of aromatic hydroxyl groups is 1. The van der Waals surface area contributed by atoms with Crippen molar-refractivity contribution in [1.29, 1.82) is 0 Å². The summed E-state index contributed by atoms with van der Waals surface area (Å²) in [5.74, 6) is 0.128. The summed E-state index contributed by atoms with van der Waals surface area (Å²) in [6.07, 6.45) is -0.201. The van der Waals surface area contributed by atoms with Gasteiger partial charge in [-0.05, 0) is 36.3 Å². The lowest BCUT2D eigenvalue weighted by atomic mass is 10.0. The van der Waals surface area contributed by atoms with Gasteiger partial charge in [0.25, 0.3) is 0 Å². The third-order valence-corrected chi connectivity index (χ3v) is 2.36. The van der Waals surface area contributed by atoms with Crippen LogP contribution in [0, 0.1) is 0 Å². The van der Waals surface area contributed by atoms with Crippen molar-refractivity contribution in [3.8, 4) is 5.75 Å². The molecule has 0 aliphatic heterocycles. The van der Waals surface area contributed by atoms with Gasteiger partial charge < -0.3 is 5.11 Å². The lowest BCUT2D eigenvalue weighted by Crippen LogP contribution is -2.15. The van der Waals surface area contributed by atoms with Gasteiger partial charge in [0, 0.05) is 11.4 Å². The number of phenols is 1. The van der Waals surface area contributed by atoms with Gasteiger partial charge >= 0.3 is 0 Å². The van der Waals surface area contributed by atoms with Crippen molar-refractivity contribution in [3.05, 3.63) is 40.9 Å². The molecule has 0 saturated heterocycles. The number of hydrogen-bond donors (Lipinski definition) is 2. The molecule has 2 N–H and O–H groups in total. The van der Waals surface area contributed by atoms with Crippen LogP contribution in [0.1, 0.15) is 12.5 Å². The molecular formula is C11H13ClO3. The highest BCUT2D eigenvalue weighted by Crippen LogP contribution is 2.24. The quantitative estimate of drug-likeness (QED) is 0.473. The van der Waals surface area contributed by atoms with E-state index in [-0.39, 0.29) is 5.75 Å². The molecular weight excluding hydrogens is 216 g/mol. The monoisotopic (exact) mass is 228 g/mol. The van der Waals surface area contributed by atoms with E-state index in [1.165, 1.54) is 6.07 Å². The van der Waals surface area contributed by atoms with E-state index in [2.05, 4.69) is 11.5 Å². The topological polar surface area (TPSA) is 49.7 Å². The molecule has 1 aromatic rings. The fraction of sp³-hybridized carbons (Fsp3) is 0.273. The van der Waals surface area contributed by atoms with Gasteiger partial charge in [-0.1, -0.05) is 18.2 Å². The Labute approximate surface area is 93.5 Å². The second-order valence-corrected chi connectivity index (χ2v) is 3.85. The predicted molar refractivity (Wildman–Crippen MR) is 59.1 cm³/mol. The van der Waals surface area contributed by atoms with Gasteiger partial charge in [-0.25, -0.2) is 4.89 Å². The molecule has 1 atom stereocenters. The van der Waals surface area contributed by atoms with Gasteiger partial charge in [0.2, 0.25) is 0 Å². The van der Waals surface area contributed by atoms with Gasteiger partial charge in [0.1, 0.15) is 11.9 Å². The van der Waals surface area contributed by atoms with Crippen molar-refractivity contribution in [2.45, 2.75) is 19.4 Å². The molecule has 0 saturated carbocycles. The van der Waals surface area contributed by atoms with Crippen LogP contribution in [0.3, 0.4) is 0 Å². The molecule has 0 aliphatic carbocycles. The van der Waals surface area contributed by atoms with E-state index < -0.39 is 6.10 Å². The molecule has 0 fully saturated rings. The molecule has 1 aromatic carbocycles. The van der Waals surface area contributed by atoms with E-state index >= 15 is 0 Å². The summed E-state index contributed by atoms with van der Waals surface area (Å²) >= 11 is 5.79. The van der Waals surface area contributed by atoms with Crippen LogP contribution < -0.4 is 0 Å². The molecule has 0 amide bonds. The maximum atomic E-state index is 9.54. The van der Waals surface area contributed by atoms with Crippen molar-refractivity contribution < 1.29 is 15.3 Å². The van der Waals surface area contributed by atoms with Gasteiger partial charge in [0.15, 0.2) is 0 Å². The molecule has 0 aromatic heterocycles. The van der Waals surface area contributed by atoms with E-state index in [9.17, 15) is 5.11 Å². The molecule has 1 rings (SSSR count). The minimum atomic E-state index is -0.533. The van der Waals surface area contributed by atoms with Crippen LogP contribution in [-0.4, -0.2) is 16.5 Å². The second kappa shape index (κ2) is 5.16. The Morgan fingerprint density at radius 1 is 1.60 bits per heavy atom. The van der Waals surface area contributed by atoms with Crippen molar-refractivity contribution in [2.75, 3.05) is 0 Å². The van der Waals surface area contributed by atoms with Crippen LogP contribution in [0.4, 0.5) is 0 Å². The zero-order valence-electron chi connectivity index (χ0n) is 8.40. The zero-order chi connectivity index (χ0) is 11.4. The summed E-state index contributed by atoms with van der Waals surface area (Å²) in [7, 11) is 0. The fourth-order valence-corrected chi connectivity index (χ4v) is 1.41. The first-order valence-electron chi connectivity index (χ1n) is 4.47. The van der Waals surface area contributed by atoms with E-state index in [1.807, 2.05) is 0 Å². The Balaban J connectivity index is 2.87. The summed E-state index contributed by atoms with van der Waals surface area (Å²) < 4.78 is 0. The van der Waals surface area contributed by atoms with Crippen molar-refractivity contribution in [1.82, 2.24) is 0 Å². The Bertz CT molecular complexity index is 363. The molecule has 3 nitrogen and oxygen atoms in total. The zero-order valence-corrected chi connectivity index (χ0v) is 9.16.